The van der Waals surface area contributed by atoms with E-state index in [4.69, 9.17) is 10.00 Å². The highest BCUT2D eigenvalue weighted by Gasteiger charge is 2.28. The summed E-state index contributed by atoms with van der Waals surface area (Å²) in [4.78, 5) is 26.8. The zero-order valence-corrected chi connectivity index (χ0v) is 16.7. The molecule has 1 N–H and O–H groups in total. The Hall–Kier alpha value is -3.33. The summed E-state index contributed by atoms with van der Waals surface area (Å²) in [6.07, 6.45) is 3.20. The molecule has 0 aliphatic carbocycles. The topological polar surface area (TPSA) is 82.4 Å². The molecule has 1 saturated heterocycles. The van der Waals surface area contributed by atoms with Gasteiger partial charge in [-0.1, -0.05) is 6.07 Å². The van der Waals surface area contributed by atoms with E-state index in [1.807, 2.05) is 11.0 Å². The van der Waals surface area contributed by atoms with Crippen LogP contribution in [0.15, 0.2) is 48.5 Å². The Morgan fingerprint density at radius 2 is 1.83 bits per heavy atom. The molecule has 2 atom stereocenters. The number of nitrogens with zero attached hydrogens (tertiary/aromatic N) is 2. The van der Waals surface area contributed by atoms with Crippen molar-refractivity contribution in [3.8, 4) is 11.8 Å². The fraction of sp³-hybridized carbons (Fsp3) is 0.348. The standard InChI is InChI=1S/C23H25N3O3/c1-16-5-3-6-17(2)26(16)22(27)15-29-21-11-9-19(10-12-21)23(28)25-20-8-4-7-18(13-20)14-24/h4,7-13,16-17H,3,5-6,15H2,1-2H3,(H,25,28). The number of likely N-dealkylation sites (tertiary alicyclic amines) is 1. The molecule has 0 bridgehead atoms. The molecule has 0 spiro atoms. The second-order valence-corrected chi connectivity index (χ2v) is 7.39. The summed E-state index contributed by atoms with van der Waals surface area (Å²) in [5.41, 5.74) is 1.50. The van der Waals surface area contributed by atoms with Crippen LogP contribution in [0.4, 0.5) is 5.69 Å². The Balaban J connectivity index is 1.56. The minimum Gasteiger partial charge on any atom is -0.484 e. The van der Waals surface area contributed by atoms with Crippen LogP contribution in [0.3, 0.4) is 0 Å². The third kappa shape index (κ3) is 5.14. The van der Waals surface area contributed by atoms with Gasteiger partial charge in [0.15, 0.2) is 6.61 Å². The second kappa shape index (κ2) is 9.24. The van der Waals surface area contributed by atoms with E-state index in [1.165, 1.54) is 0 Å². The molecule has 29 heavy (non-hydrogen) atoms. The molecule has 2 aromatic rings. The number of rotatable bonds is 5. The number of carbonyl (C=O) groups excluding carboxylic acids is 2. The lowest BCUT2D eigenvalue weighted by Crippen LogP contribution is -2.49. The van der Waals surface area contributed by atoms with Crippen molar-refractivity contribution in [1.82, 2.24) is 4.90 Å². The number of benzene rings is 2. The van der Waals surface area contributed by atoms with Crippen molar-refractivity contribution in [3.63, 3.8) is 0 Å². The first-order chi connectivity index (χ1) is 14.0. The number of hydrogen-bond acceptors (Lipinski definition) is 4. The van der Waals surface area contributed by atoms with Crippen LogP contribution in [0.5, 0.6) is 5.75 Å². The van der Waals surface area contributed by atoms with Crippen LogP contribution in [0.1, 0.15) is 49.0 Å². The van der Waals surface area contributed by atoms with Crippen molar-refractivity contribution >= 4 is 17.5 Å². The zero-order chi connectivity index (χ0) is 20.8. The molecular formula is C23H25N3O3. The van der Waals surface area contributed by atoms with E-state index in [0.717, 1.165) is 19.3 Å². The summed E-state index contributed by atoms with van der Waals surface area (Å²) < 4.78 is 5.64. The van der Waals surface area contributed by atoms with Gasteiger partial charge in [-0.3, -0.25) is 9.59 Å². The average molecular weight is 391 g/mol. The number of amides is 2. The summed E-state index contributed by atoms with van der Waals surface area (Å²) in [5.74, 6) is 0.251. The first-order valence-corrected chi connectivity index (χ1v) is 9.83. The van der Waals surface area contributed by atoms with Crippen LogP contribution in [0, 0.1) is 11.3 Å². The average Bonchev–Trinajstić information content (AvgIpc) is 2.72. The lowest BCUT2D eigenvalue weighted by Gasteiger charge is -2.38. The molecule has 6 heteroatoms. The molecule has 150 valence electrons. The molecule has 3 rings (SSSR count). The quantitative estimate of drug-likeness (QED) is 0.836. The molecule has 6 nitrogen and oxygen atoms in total. The fourth-order valence-electron chi connectivity index (χ4n) is 3.70. The van der Waals surface area contributed by atoms with E-state index >= 15 is 0 Å². The van der Waals surface area contributed by atoms with Gasteiger partial charge < -0.3 is 15.0 Å². The molecule has 2 unspecified atom stereocenters. The van der Waals surface area contributed by atoms with E-state index in [2.05, 4.69) is 19.2 Å². The highest BCUT2D eigenvalue weighted by Crippen LogP contribution is 2.23. The Labute approximate surface area is 171 Å². The van der Waals surface area contributed by atoms with Crippen LogP contribution in [-0.2, 0) is 4.79 Å². The number of anilines is 1. The minimum atomic E-state index is -0.279. The van der Waals surface area contributed by atoms with Crippen molar-refractivity contribution in [2.24, 2.45) is 0 Å². The molecular weight excluding hydrogens is 366 g/mol. The van der Waals surface area contributed by atoms with Crippen molar-refractivity contribution < 1.29 is 14.3 Å². The van der Waals surface area contributed by atoms with E-state index < -0.39 is 0 Å². The second-order valence-electron chi connectivity index (χ2n) is 7.39. The molecule has 1 aliphatic heterocycles. The molecule has 1 aliphatic rings. The van der Waals surface area contributed by atoms with Crippen LogP contribution in [0.2, 0.25) is 0 Å². The minimum absolute atomic E-state index is 0.0103. The highest BCUT2D eigenvalue weighted by atomic mass is 16.5. The van der Waals surface area contributed by atoms with Crippen LogP contribution in [0.25, 0.3) is 0 Å². The van der Waals surface area contributed by atoms with Gasteiger partial charge in [-0.15, -0.1) is 0 Å². The Bertz CT molecular complexity index is 908. The molecule has 2 amide bonds. The van der Waals surface area contributed by atoms with Crippen molar-refractivity contribution in [2.45, 2.75) is 45.2 Å². The summed E-state index contributed by atoms with van der Waals surface area (Å²) in [6, 6.07) is 15.9. The van der Waals surface area contributed by atoms with Crippen LogP contribution in [-0.4, -0.2) is 35.4 Å². The molecule has 0 radical (unpaired) electrons. The van der Waals surface area contributed by atoms with E-state index in [1.54, 1.807) is 48.5 Å². The normalized spacial score (nSPS) is 18.6. The molecule has 1 heterocycles. The van der Waals surface area contributed by atoms with Crippen molar-refractivity contribution in [3.05, 3.63) is 59.7 Å². The smallest absolute Gasteiger partial charge is 0.260 e. The van der Waals surface area contributed by atoms with Gasteiger partial charge >= 0.3 is 0 Å². The highest BCUT2D eigenvalue weighted by molar-refractivity contribution is 6.04. The Kier molecular flexibility index (Phi) is 6.50. The summed E-state index contributed by atoms with van der Waals surface area (Å²) in [7, 11) is 0. The van der Waals surface area contributed by atoms with E-state index in [0.29, 0.717) is 22.6 Å². The lowest BCUT2D eigenvalue weighted by molar-refractivity contribution is -0.139. The van der Waals surface area contributed by atoms with Gasteiger partial charge in [0.05, 0.1) is 11.6 Å². The van der Waals surface area contributed by atoms with Crippen LogP contribution < -0.4 is 10.1 Å². The molecule has 0 aromatic heterocycles. The number of carbonyl (C=O) groups is 2. The summed E-state index contributed by atoms with van der Waals surface area (Å²) in [6.45, 7) is 4.14. The monoisotopic (exact) mass is 391 g/mol. The third-order valence-electron chi connectivity index (χ3n) is 5.21. The first-order valence-electron chi connectivity index (χ1n) is 9.83. The van der Waals surface area contributed by atoms with Gasteiger partial charge in [0.1, 0.15) is 5.75 Å². The molecule has 0 saturated carbocycles. The van der Waals surface area contributed by atoms with Gasteiger partial charge in [0.2, 0.25) is 0 Å². The van der Waals surface area contributed by atoms with Gasteiger partial charge in [-0.05, 0) is 75.6 Å². The van der Waals surface area contributed by atoms with Crippen molar-refractivity contribution in [1.29, 1.82) is 5.26 Å². The Morgan fingerprint density at radius 1 is 1.14 bits per heavy atom. The number of nitriles is 1. The van der Waals surface area contributed by atoms with Crippen molar-refractivity contribution in [2.75, 3.05) is 11.9 Å². The fourth-order valence-corrected chi connectivity index (χ4v) is 3.70. The Morgan fingerprint density at radius 3 is 2.48 bits per heavy atom. The SMILES string of the molecule is CC1CCCC(C)N1C(=O)COc1ccc(C(=O)Nc2cccc(C#N)c2)cc1. The number of ether oxygens (including phenoxy) is 1. The zero-order valence-electron chi connectivity index (χ0n) is 16.7. The summed E-state index contributed by atoms with van der Waals surface area (Å²) >= 11 is 0. The van der Waals surface area contributed by atoms with E-state index in [9.17, 15) is 9.59 Å². The maximum Gasteiger partial charge on any atom is 0.260 e. The number of nitrogens with one attached hydrogen (secondary N) is 1. The largest absolute Gasteiger partial charge is 0.484 e. The van der Waals surface area contributed by atoms with Gasteiger partial charge in [-0.25, -0.2) is 0 Å². The molecule has 1 fully saturated rings. The molecule has 2 aromatic carbocycles. The number of hydrogen-bond donors (Lipinski definition) is 1. The summed E-state index contributed by atoms with van der Waals surface area (Å²) in [5, 5.41) is 11.7. The lowest BCUT2D eigenvalue weighted by atomic mass is 9.97. The maximum absolute atomic E-state index is 12.5. The third-order valence-corrected chi connectivity index (χ3v) is 5.21. The maximum atomic E-state index is 12.5. The van der Waals surface area contributed by atoms with Gasteiger partial charge in [0, 0.05) is 23.3 Å². The van der Waals surface area contributed by atoms with Gasteiger partial charge in [-0.2, -0.15) is 5.26 Å². The number of piperidine rings is 1. The van der Waals surface area contributed by atoms with Crippen LogP contribution >= 0.6 is 0 Å². The first kappa shape index (κ1) is 20.4. The predicted molar refractivity (Wildman–Crippen MR) is 111 cm³/mol. The van der Waals surface area contributed by atoms with E-state index in [-0.39, 0.29) is 30.5 Å². The predicted octanol–water partition coefficient (Wildman–Crippen LogP) is 3.98. The van der Waals surface area contributed by atoms with Gasteiger partial charge in [0.25, 0.3) is 11.8 Å².